The van der Waals surface area contributed by atoms with Crippen molar-refractivity contribution in [2.24, 2.45) is 0 Å². The summed E-state index contributed by atoms with van der Waals surface area (Å²) in [5.74, 6) is 2.30. The second kappa shape index (κ2) is 8.04. The zero-order valence-corrected chi connectivity index (χ0v) is 16.2. The number of likely N-dealkylation sites (tertiary alicyclic amines) is 1. The Morgan fingerprint density at radius 3 is 2.74 bits per heavy atom. The number of carbonyl (C=O) groups is 1. The molecule has 2 aromatic heterocycles. The number of carbonyl (C=O) groups excluding carboxylic acids is 1. The minimum absolute atomic E-state index is 0.221. The van der Waals surface area contributed by atoms with Gasteiger partial charge in [-0.25, -0.2) is 0 Å². The van der Waals surface area contributed by atoms with Gasteiger partial charge in [0.2, 0.25) is 10.9 Å². The molecule has 3 aromatic rings. The zero-order valence-electron chi connectivity index (χ0n) is 15.4. The Balaban J connectivity index is 1.22. The summed E-state index contributed by atoms with van der Waals surface area (Å²) in [5, 5.41) is 13.9. The van der Waals surface area contributed by atoms with E-state index in [1.165, 1.54) is 0 Å². The number of aryl methyl sites for hydroxylation is 1. The van der Waals surface area contributed by atoms with Gasteiger partial charge < -0.3 is 9.64 Å². The van der Waals surface area contributed by atoms with Gasteiger partial charge in [0, 0.05) is 25.4 Å². The number of nitrogens with zero attached hydrogens (tertiary/aromatic N) is 5. The molecule has 0 atom stereocenters. The molecule has 0 N–H and O–H groups in total. The molecular weight excluding hydrogens is 362 g/mol. The number of hydrogen-bond donors (Lipinski definition) is 0. The molecule has 27 heavy (non-hydrogen) atoms. The molecule has 4 rings (SSSR count). The van der Waals surface area contributed by atoms with E-state index in [9.17, 15) is 4.79 Å². The largest absolute Gasteiger partial charge is 0.494 e. The summed E-state index contributed by atoms with van der Waals surface area (Å²) in [6, 6.07) is 9.71. The molecule has 1 amide bonds. The van der Waals surface area contributed by atoms with Gasteiger partial charge in [-0.2, -0.15) is 9.61 Å². The van der Waals surface area contributed by atoms with Gasteiger partial charge in [0.05, 0.1) is 6.61 Å². The average molecular weight is 385 g/mol. The molecule has 0 spiro atoms. The number of fused-ring (bicyclic) bond motifs is 1. The standard InChI is InChI=1S/C19H23N5O2S/c1-14-20-21-19-24(14)22-18(27-19)15-9-11-23(12-10-15)17(25)8-5-13-26-16-6-3-2-4-7-16/h2-4,6-7,15H,5,8-13H2,1H3. The third-order valence-electron chi connectivity index (χ3n) is 4.91. The number of piperidine rings is 1. The van der Waals surface area contributed by atoms with E-state index in [4.69, 9.17) is 4.74 Å². The van der Waals surface area contributed by atoms with Crippen LogP contribution in [0.4, 0.5) is 0 Å². The first-order chi connectivity index (χ1) is 13.2. The van der Waals surface area contributed by atoms with E-state index < -0.39 is 0 Å². The molecule has 0 saturated carbocycles. The van der Waals surface area contributed by atoms with Crippen molar-refractivity contribution in [3.63, 3.8) is 0 Å². The highest BCUT2D eigenvalue weighted by Crippen LogP contribution is 2.31. The second-order valence-electron chi connectivity index (χ2n) is 6.80. The molecule has 1 aliphatic rings. The number of hydrogen-bond acceptors (Lipinski definition) is 6. The predicted molar refractivity (Wildman–Crippen MR) is 103 cm³/mol. The van der Waals surface area contributed by atoms with E-state index in [1.807, 2.05) is 46.7 Å². The molecule has 8 heteroatoms. The van der Waals surface area contributed by atoms with Crippen LogP contribution in [0.2, 0.25) is 0 Å². The highest BCUT2D eigenvalue weighted by atomic mass is 32.1. The van der Waals surface area contributed by atoms with Crippen molar-refractivity contribution < 1.29 is 9.53 Å². The summed E-state index contributed by atoms with van der Waals surface area (Å²) >= 11 is 1.61. The summed E-state index contributed by atoms with van der Waals surface area (Å²) in [6.07, 6.45) is 3.18. The van der Waals surface area contributed by atoms with Crippen LogP contribution in [0, 0.1) is 6.92 Å². The normalized spacial score (nSPS) is 15.4. The van der Waals surface area contributed by atoms with Gasteiger partial charge in [-0.05, 0) is 38.3 Å². The van der Waals surface area contributed by atoms with Gasteiger partial charge in [-0.3, -0.25) is 4.79 Å². The van der Waals surface area contributed by atoms with Crippen LogP contribution in [0.5, 0.6) is 5.75 Å². The molecule has 0 unspecified atom stereocenters. The van der Waals surface area contributed by atoms with Crippen molar-refractivity contribution in [1.29, 1.82) is 0 Å². The fraction of sp³-hybridized carbons (Fsp3) is 0.474. The van der Waals surface area contributed by atoms with Crippen molar-refractivity contribution in [2.75, 3.05) is 19.7 Å². The molecule has 142 valence electrons. The van der Waals surface area contributed by atoms with Crippen molar-refractivity contribution >= 4 is 22.2 Å². The van der Waals surface area contributed by atoms with Gasteiger partial charge in [0.1, 0.15) is 10.8 Å². The van der Waals surface area contributed by atoms with E-state index in [2.05, 4.69) is 15.3 Å². The van der Waals surface area contributed by atoms with Crippen LogP contribution in [-0.4, -0.2) is 50.3 Å². The number of benzene rings is 1. The van der Waals surface area contributed by atoms with Gasteiger partial charge in [0.15, 0.2) is 5.82 Å². The highest BCUT2D eigenvalue weighted by molar-refractivity contribution is 7.16. The van der Waals surface area contributed by atoms with Crippen LogP contribution < -0.4 is 4.74 Å². The van der Waals surface area contributed by atoms with Crippen molar-refractivity contribution in [2.45, 2.75) is 38.5 Å². The van der Waals surface area contributed by atoms with E-state index in [0.29, 0.717) is 18.9 Å². The molecular formula is C19H23N5O2S. The topological polar surface area (TPSA) is 72.6 Å². The first-order valence-corrected chi connectivity index (χ1v) is 10.2. The lowest BCUT2D eigenvalue weighted by Gasteiger charge is -2.31. The first kappa shape index (κ1) is 17.9. The summed E-state index contributed by atoms with van der Waals surface area (Å²) in [6.45, 7) is 4.06. The highest BCUT2D eigenvalue weighted by Gasteiger charge is 2.26. The Labute approximate surface area is 162 Å². The Morgan fingerprint density at radius 1 is 1.22 bits per heavy atom. The van der Waals surface area contributed by atoms with Gasteiger partial charge >= 0.3 is 0 Å². The van der Waals surface area contributed by atoms with Crippen molar-refractivity contribution in [3.05, 3.63) is 41.2 Å². The molecule has 1 fully saturated rings. The maximum absolute atomic E-state index is 12.4. The van der Waals surface area contributed by atoms with Crippen LogP contribution in [0.3, 0.4) is 0 Å². The number of amides is 1. The summed E-state index contributed by atoms with van der Waals surface area (Å²) in [4.78, 5) is 15.3. The first-order valence-electron chi connectivity index (χ1n) is 9.35. The van der Waals surface area contributed by atoms with Gasteiger partial charge in [0.25, 0.3) is 0 Å². The molecule has 1 saturated heterocycles. The fourth-order valence-electron chi connectivity index (χ4n) is 3.36. The Morgan fingerprint density at radius 2 is 2.00 bits per heavy atom. The van der Waals surface area contributed by atoms with Crippen LogP contribution in [0.25, 0.3) is 4.96 Å². The van der Waals surface area contributed by atoms with Gasteiger partial charge in [-0.1, -0.05) is 29.5 Å². The second-order valence-corrected chi connectivity index (χ2v) is 7.79. The number of ether oxygens (including phenoxy) is 1. The monoisotopic (exact) mass is 385 g/mol. The minimum atomic E-state index is 0.221. The van der Waals surface area contributed by atoms with Crippen molar-refractivity contribution in [3.8, 4) is 5.75 Å². The molecule has 1 aromatic carbocycles. The third-order valence-corrected chi connectivity index (χ3v) is 5.97. The van der Waals surface area contributed by atoms with E-state index >= 15 is 0 Å². The smallest absolute Gasteiger partial charge is 0.234 e. The summed E-state index contributed by atoms with van der Waals surface area (Å²) in [5.41, 5.74) is 0. The lowest BCUT2D eigenvalue weighted by molar-refractivity contribution is -0.132. The molecule has 0 radical (unpaired) electrons. The average Bonchev–Trinajstić information content (AvgIpc) is 3.28. The maximum Gasteiger partial charge on any atom is 0.234 e. The quantitative estimate of drug-likeness (QED) is 0.610. The molecule has 1 aliphatic heterocycles. The summed E-state index contributed by atoms with van der Waals surface area (Å²) < 4.78 is 7.47. The van der Waals surface area contributed by atoms with Crippen LogP contribution in [0.15, 0.2) is 30.3 Å². The lowest BCUT2D eigenvalue weighted by atomic mass is 9.97. The Kier molecular flexibility index (Phi) is 5.33. The van der Waals surface area contributed by atoms with Crippen LogP contribution in [-0.2, 0) is 4.79 Å². The summed E-state index contributed by atoms with van der Waals surface area (Å²) in [7, 11) is 0. The van der Waals surface area contributed by atoms with Crippen LogP contribution in [0.1, 0.15) is 42.4 Å². The van der Waals surface area contributed by atoms with E-state index in [0.717, 1.165) is 53.9 Å². The zero-order chi connectivity index (χ0) is 18.6. The third kappa shape index (κ3) is 4.10. The van der Waals surface area contributed by atoms with Crippen LogP contribution >= 0.6 is 11.3 Å². The number of aromatic nitrogens is 4. The van der Waals surface area contributed by atoms with Crippen molar-refractivity contribution in [1.82, 2.24) is 24.7 Å². The predicted octanol–water partition coefficient (Wildman–Crippen LogP) is 3.06. The minimum Gasteiger partial charge on any atom is -0.494 e. The number of para-hydroxylation sites is 1. The SMILES string of the molecule is Cc1nnc2sc(C3CCN(C(=O)CCCOc4ccccc4)CC3)nn12. The maximum atomic E-state index is 12.4. The molecule has 7 nitrogen and oxygen atoms in total. The lowest BCUT2D eigenvalue weighted by Crippen LogP contribution is -2.37. The fourth-order valence-corrected chi connectivity index (χ4v) is 4.41. The molecule has 0 bridgehead atoms. The molecule has 3 heterocycles. The number of rotatable bonds is 6. The van der Waals surface area contributed by atoms with Gasteiger partial charge in [-0.15, -0.1) is 10.2 Å². The van der Waals surface area contributed by atoms with E-state index in [-0.39, 0.29) is 5.91 Å². The molecule has 0 aliphatic carbocycles. The Bertz CT molecular complexity index is 899. The van der Waals surface area contributed by atoms with E-state index in [1.54, 1.807) is 11.3 Å². The Hall–Kier alpha value is -2.48.